The number of piperidine rings is 1. The van der Waals surface area contributed by atoms with E-state index in [2.05, 4.69) is 25.9 Å². The molecule has 86 valence electrons. The van der Waals surface area contributed by atoms with Gasteiger partial charge in [0.25, 0.3) is 5.91 Å². The summed E-state index contributed by atoms with van der Waals surface area (Å²) in [6, 6.07) is 0. The minimum Gasteiger partial charge on any atom is -0.338 e. The Morgan fingerprint density at radius 2 is 2.25 bits per heavy atom. The van der Waals surface area contributed by atoms with Crippen molar-refractivity contribution in [1.29, 1.82) is 0 Å². The molecule has 0 spiro atoms. The zero-order valence-electron chi connectivity index (χ0n) is 8.97. The molecule has 1 amide bonds. The number of amides is 1. The molecule has 1 aromatic heterocycles. The zero-order chi connectivity index (χ0) is 11.4. The van der Waals surface area contributed by atoms with Crippen molar-refractivity contribution in [2.75, 3.05) is 18.4 Å². The molecule has 1 aliphatic rings. The number of carbonyl (C=O) groups excluding carboxylic acids is 1. The van der Waals surface area contributed by atoms with Crippen molar-refractivity contribution in [3.8, 4) is 0 Å². The Bertz CT molecular complexity index is 358. The number of halogens is 1. The molecule has 1 saturated heterocycles. The molecule has 2 heterocycles. The maximum absolute atomic E-state index is 12.1. The van der Waals surface area contributed by atoms with Crippen molar-refractivity contribution in [2.24, 2.45) is 5.92 Å². The highest BCUT2D eigenvalue weighted by Crippen LogP contribution is 2.19. The van der Waals surface area contributed by atoms with Crippen LogP contribution < -0.4 is 0 Å². The maximum Gasteiger partial charge on any atom is 0.256 e. The Kier molecular flexibility index (Phi) is 3.88. The fourth-order valence-electron chi connectivity index (χ4n) is 1.97. The minimum atomic E-state index is 0.0475. The van der Waals surface area contributed by atoms with E-state index in [0.717, 1.165) is 24.8 Å². The van der Waals surface area contributed by atoms with Crippen LogP contribution in [0.15, 0.2) is 18.7 Å². The second kappa shape index (κ2) is 5.39. The molecule has 1 unspecified atom stereocenters. The third kappa shape index (κ3) is 2.58. The highest BCUT2D eigenvalue weighted by Gasteiger charge is 2.23. The predicted octanol–water partition coefficient (Wildman–Crippen LogP) is 1.72. The third-order valence-corrected chi connectivity index (χ3v) is 3.75. The van der Waals surface area contributed by atoms with Crippen LogP contribution in [0.25, 0.3) is 0 Å². The zero-order valence-corrected chi connectivity index (χ0v) is 10.6. The number of hydrogen-bond donors (Lipinski definition) is 0. The van der Waals surface area contributed by atoms with Crippen molar-refractivity contribution in [1.82, 2.24) is 14.9 Å². The molecule has 1 fully saturated rings. The highest BCUT2D eigenvalue weighted by atomic mass is 79.9. The van der Waals surface area contributed by atoms with E-state index in [4.69, 9.17) is 0 Å². The fourth-order valence-corrected chi connectivity index (χ4v) is 2.50. The first-order valence-electron chi connectivity index (χ1n) is 5.41. The average molecular weight is 284 g/mol. The second-order valence-electron chi connectivity index (χ2n) is 4.04. The summed E-state index contributed by atoms with van der Waals surface area (Å²) in [5.74, 6) is 0.619. The molecule has 1 aliphatic heterocycles. The molecule has 0 aromatic carbocycles. The van der Waals surface area contributed by atoms with Gasteiger partial charge in [0, 0.05) is 30.8 Å². The molecule has 4 nitrogen and oxygen atoms in total. The van der Waals surface area contributed by atoms with Crippen molar-refractivity contribution in [2.45, 2.75) is 12.8 Å². The van der Waals surface area contributed by atoms with Gasteiger partial charge in [0.2, 0.25) is 0 Å². The van der Waals surface area contributed by atoms with Gasteiger partial charge in [-0.1, -0.05) is 15.9 Å². The summed E-state index contributed by atoms with van der Waals surface area (Å²) in [6.45, 7) is 1.68. The van der Waals surface area contributed by atoms with E-state index in [-0.39, 0.29) is 5.91 Å². The number of alkyl halides is 1. The number of hydrogen-bond acceptors (Lipinski definition) is 3. The van der Waals surface area contributed by atoms with Crippen LogP contribution in [0.2, 0.25) is 0 Å². The molecule has 16 heavy (non-hydrogen) atoms. The largest absolute Gasteiger partial charge is 0.338 e. The molecular weight excluding hydrogens is 270 g/mol. The fraction of sp³-hybridized carbons (Fsp3) is 0.545. The molecule has 0 radical (unpaired) electrons. The van der Waals surface area contributed by atoms with E-state index in [1.165, 1.54) is 12.7 Å². The Balaban J connectivity index is 2.05. The van der Waals surface area contributed by atoms with Crippen LogP contribution in [0.5, 0.6) is 0 Å². The van der Waals surface area contributed by atoms with E-state index in [9.17, 15) is 4.79 Å². The Labute approximate surface area is 103 Å². The Hall–Kier alpha value is -0.970. The highest BCUT2D eigenvalue weighted by molar-refractivity contribution is 9.09. The normalized spacial score (nSPS) is 20.8. The van der Waals surface area contributed by atoms with E-state index in [1.54, 1.807) is 12.4 Å². The van der Waals surface area contributed by atoms with E-state index in [1.807, 2.05) is 4.90 Å². The van der Waals surface area contributed by atoms with Crippen molar-refractivity contribution in [3.63, 3.8) is 0 Å². The summed E-state index contributed by atoms with van der Waals surface area (Å²) in [6.07, 6.45) is 6.87. The maximum atomic E-state index is 12.1. The second-order valence-corrected chi connectivity index (χ2v) is 4.69. The quantitative estimate of drug-likeness (QED) is 0.777. The molecule has 0 bridgehead atoms. The predicted molar refractivity (Wildman–Crippen MR) is 64.5 cm³/mol. The number of nitrogens with zero attached hydrogens (tertiary/aromatic N) is 3. The van der Waals surface area contributed by atoms with Gasteiger partial charge >= 0.3 is 0 Å². The summed E-state index contributed by atoms with van der Waals surface area (Å²) < 4.78 is 0. The molecule has 1 atom stereocenters. The van der Waals surface area contributed by atoms with Crippen LogP contribution >= 0.6 is 15.9 Å². The number of rotatable bonds is 2. The van der Waals surface area contributed by atoms with Crippen LogP contribution in [0, 0.1) is 5.92 Å². The lowest BCUT2D eigenvalue weighted by molar-refractivity contribution is 0.0685. The van der Waals surface area contributed by atoms with Crippen molar-refractivity contribution in [3.05, 3.63) is 24.3 Å². The minimum absolute atomic E-state index is 0.0475. The van der Waals surface area contributed by atoms with Gasteiger partial charge < -0.3 is 4.90 Å². The average Bonchev–Trinajstić information content (AvgIpc) is 2.39. The molecule has 0 saturated carbocycles. The molecule has 5 heteroatoms. The summed E-state index contributed by atoms with van der Waals surface area (Å²) in [5, 5.41) is 0.960. The smallest absolute Gasteiger partial charge is 0.256 e. The number of aromatic nitrogens is 2. The van der Waals surface area contributed by atoms with Crippen LogP contribution in [0.3, 0.4) is 0 Å². The molecule has 0 aliphatic carbocycles. The standard InChI is InChI=1S/C11H14BrN3O/c12-4-9-2-1-3-15(7-9)11(16)10-5-13-8-14-6-10/h5-6,8-9H,1-4,7H2. The molecule has 0 N–H and O–H groups in total. The summed E-state index contributed by atoms with van der Waals surface area (Å²) in [5.41, 5.74) is 0.581. The van der Waals surface area contributed by atoms with Crippen LogP contribution in [-0.4, -0.2) is 39.2 Å². The Morgan fingerprint density at radius 1 is 1.50 bits per heavy atom. The lowest BCUT2D eigenvalue weighted by atomic mass is 10.00. The van der Waals surface area contributed by atoms with Gasteiger partial charge in [0.1, 0.15) is 6.33 Å². The first kappa shape index (κ1) is 11.5. The van der Waals surface area contributed by atoms with Gasteiger partial charge in [-0.25, -0.2) is 9.97 Å². The third-order valence-electron chi connectivity index (χ3n) is 2.83. The monoisotopic (exact) mass is 283 g/mol. The number of likely N-dealkylation sites (tertiary alicyclic amines) is 1. The van der Waals surface area contributed by atoms with Gasteiger partial charge in [-0.05, 0) is 18.8 Å². The van der Waals surface area contributed by atoms with Crippen molar-refractivity contribution < 1.29 is 4.79 Å². The first-order valence-corrected chi connectivity index (χ1v) is 6.53. The summed E-state index contributed by atoms with van der Waals surface area (Å²) in [7, 11) is 0. The van der Waals surface area contributed by atoms with E-state index >= 15 is 0 Å². The van der Waals surface area contributed by atoms with Gasteiger partial charge in [0.15, 0.2) is 0 Å². The lowest BCUT2D eigenvalue weighted by Gasteiger charge is -2.31. The van der Waals surface area contributed by atoms with Crippen LogP contribution in [0.1, 0.15) is 23.2 Å². The van der Waals surface area contributed by atoms with Gasteiger partial charge in [-0.2, -0.15) is 0 Å². The number of carbonyl (C=O) groups is 1. The van der Waals surface area contributed by atoms with Crippen molar-refractivity contribution >= 4 is 21.8 Å². The van der Waals surface area contributed by atoms with Gasteiger partial charge in [-0.3, -0.25) is 4.79 Å². The van der Waals surface area contributed by atoms with Crippen LogP contribution in [0.4, 0.5) is 0 Å². The SMILES string of the molecule is O=C(c1cncnc1)N1CCCC(CBr)C1. The van der Waals surface area contributed by atoms with Gasteiger partial charge in [-0.15, -0.1) is 0 Å². The summed E-state index contributed by atoms with van der Waals surface area (Å²) >= 11 is 3.48. The van der Waals surface area contributed by atoms with E-state index < -0.39 is 0 Å². The lowest BCUT2D eigenvalue weighted by Crippen LogP contribution is -2.40. The van der Waals surface area contributed by atoms with E-state index in [0.29, 0.717) is 11.5 Å². The topological polar surface area (TPSA) is 46.1 Å². The molecular formula is C11H14BrN3O. The van der Waals surface area contributed by atoms with Crippen LogP contribution in [-0.2, 0) is 0 Å². The Morgan fingerprint density at radius 3 is 2.94 bits per heavy atom. The molecule has 2 rings (SSSR count). The first-order chi connectivity index (χ1) is 7.81. The van der Waals surface area contributed by atoms with Gasteiger partial charge in [0.05, 0.1) is 5.56 Å². The molecule has 1 aromatic rings. The summed E-state index contributed by atoms with van der Waals surface area (Å²) in [4.78, 5) is 21.7.